The van der Waals surface area contributed by atoms with Gasteiger partial charge in [0.2, 0.25) is 0 Å². The number of nitriles is 1. The molecule has 6 nitrogen and oxygen atoms in total. The van der Waals surface area contributed by atoms with Crippen molar-refractivity contribution in [2.24, 2.45) is 0 Å². The highest BCUT2D eigenvalue weighted by Crippen LogP contribution is 2.40. The summed E-state index contributed by atoms with van der Waals surface area (Å²) in [7, 11) is 0. The molecule has 0 bridgehead atoms. The number of thioether (sulfide) groups is 1. The molecule has 4 aromatic rings. The van der Waals surface area contributed by atoms with Crippen molar-refractivity contribution in [2.45, 2.75) is 24.3 Å². The number of imidazole rings is 1. The van der Waals surface area contributed by atoms with Gasteiger partial charge in [-0.2, -0.15) is 5.26 Å². The molecule has 0 unspecified atom stereocenters. The van der Waals surface area contributed by atoms with Crippen LogP contribution < -0.4 is 0 Å². The van der Waals surface area contributed by atoms with Gasteiger partial charge in [0.25, 0.3) is 0 Å². The molecule has 2 N–H and O–H groups in total. The molecule has 1 aromatic carbocycles. The number of H-pyrrole nitrogens is 1. The fourth-order valence-corrected chi connectivity index (χ4v) is 5.74. The van der Waals surface area contributed by atoms with Crippen molar-refractivity contribution < 1.29 is 5.11 Å². The number of aromatic amines is 1. The number of benzene rings is 1. The van der Waals surface area contributed by atoms with Crippen LogP contribution in [0.15, 0.2) is 41.4 Å². The number of hydrogen-bond acceptors (Lipinski definition) is 7. The molecule has 8 heteroatoms. The van der Waals surface area contributed by atoms with Gasteiger partial charge in [0.15, 0.2) is 5.82 Å². The molecule has 0 aliphatic heterocycles. The van der Waals surface area contributed by atoms with Crippen molar-refractivity contribution in [3.05, 3.63) is 52.6 Å². The molecule has 0 amide bonds. The topological polar surface area (TPSA) is 98.5 Å². The zero-order chi connectivity index (χ0) is 19.1. The number of para-hydroxylation sites is 2. The van der Waals surface area contributed by atoms with Crippen molar-refractivity contribution >= 4 is 49.9 Å². The Morgan fingerprint density at radius 1 is 1.29 bits per heavy atom. The highest BCUT2D eigenvalue weighted by molar-refractivity contribution is 7.99. The maximum absolute atomic E-state index is 10.6. The van der Waals surface area contributed by atoms with Crippen LogP contribution in [0, 0.1) is 11.3 Å². The minimum absolute atomic E-state index is 0.00908. The SMILES string of the molecule is N#C/C(=C(/O)CSc1ncnc2sc3c(c12)CCC3)c1nc2ccccc2[nH]1. The van der Waals surface area contributed by atoms with Crippen molar-refractivity contribution in [3.63, 3.8) is 0 Å². The number of nitrogens with zero attached hydrogens (tertiary/aromatic N) is 4. The first kappa shape index (κ1) is 17.2. The Morgan fingerprint density at radius 2 is 2.18 bits per heavy atom. The van der Waals surface area contributed by atoms with E-state index in [2.05, 4.69) is 26.0 Å². The number of aromatic nitrogens is 4. The quantitative estimate of drug-likeness (QED) is 0.222. The largest absolute Gasteiger partial charge is 0.510 e. The van der Waals surface area contributed by atoms with Crippen LogP contribution in [0.25, 0.3) is 26.8 Å². The Hall–Kier alpha value is -2.89. The predicted octanol–water partition coefficient (Wildman–Crippen LogP) is 4.64. The molecule has 28 heavy (non-hydrogen) atoms. The monoisotopic (exact) mass is 405 g/mol. The van der Waals surface area contributed by atoms with Gasteiger partial charge in [-0.1, -0.05) is 23.9 Å². The normalized spacial score (nSPS) is 14.2. The summed E-state index contributed by atoms with van der Waals surface area (Å²) in [6, 6.07) is 9.62. The maximum atomic E-state index is 10.6. The fraction of sp³-hybridized carbons (Fsp3) is 0.200. The van der Waals surface area contributed by atoms with Gasteiger partial charge in [0.1, 0.15) is 33.6 Å². The molecule has 0 fully saturated rings. The number of fused-ring (bicyclic) bond motifs is 4. The van der Waals surface area contributed by atoms with Crippen molar-refractivity contribution in [1.82, 2.24) is 19.9 Å². The van der Waals surface area contributed by atoms with Gasteiger partial charge < -0.3 is 10.1 Å². The van der Waals surface area contributed by atoms with E-state index in [0.717, 1.165) is 39.1 Å². The summed E-state index contributed by atoms with van der Waals surface area (Å²) in [4.78, 5) is 18.8. The van der Waals surface area contributed by atoms with Crippen molar-refractivity contribution in [2.75, 3.05) is 5.75 Å². The van der Waals surface area contributed by atoms with E-state index < -0.39 is 0 Å². The molecule has 138 valence electrons. The van der Waals surface area contributed by atoms with E-state index >= 15 is 0 Å². The lowest BCUT2D eigenvalue weighted by Crippen LogP contribution is -1.96. The number of hydrogen-bond donors (Lipinski definition) is 2. The molecular formula is C20H15N5OS2. The second-order valence-electron chi connectivity index (χ2n) is 6.54. The lowest BCUT2D eigenvalue weighted by molar-refractivity contribution is 0.420. The number of aliphatic hydroxyl groups excluding tert-OH is 1. The van der Waals surface area contributed by atoms with Gasteiger partial charge in [0, 0.05) is 10.3 Å². The number of rotatable bonds is 4. The van der Waals surface area contributed by atoms with E-state index in [9.17, 15) is 10.4 Å². The summed E-state index contributed by atoms with van der Waals surface area (Å²) in [5, 5.41) is 22.1. The highest BCUT2D eigenvalue weighted by atomic mass is 32.2. The third-order valence-corrected chi connectivity index (χ3v) is 7.04. The first-order valence-corrected chi connectivity index (χ1v) is 10.7. The van der Waals surface area contributed by atoms with Gasteiger partial charge in [-0.3, -0.25) is 0 Å². The second-order valence-corrected chi connectivity index (χ2v) is 8.59. The van der Waals surface area contributed by atoms with Crippen LogP contribution in [-0.2, 0) is 12.8 Å². The Labute approximate surface area is 169 Å². The van der Waals surface area contributed by atoms with Crippen LogP contribution in [0.4, 0.5) is 0 Å². The Morgan fingerprint density at radius 3 is 3.04 bits per heavy atom. The van der Waals surface area contributed by atoms with E-state index in [4.69, 9.17) is 0 Å². The highest BCUT2D eigenvalue weighted by Gasteiger charge is 2.22. The van der Waals surface area contributed by atoms with Gasteiger partial charge >= 0.3 is 0 Å². The molecule has 3 heterocycles. The molecule has 5 rings (SSSR count). The summed E-state index contributed by atoms with van der Waals surface area (Å²) in [6.07, 6.45) is 4.91. The maximum Gasteiger partial charge on any atom is 0.152 e. The summed E-state index contributed by atoms with van der Waals surface area (Å²) in [6.45, 7) is 0. The summed E-state index contributed by atoms with van der Waals surface area (Å²) < 4.78 is 0. The van der Waals surface area contributed by atoms with Gasteiger partial charge in [-0.15, -0.1) is 11.3 Å². The van der Waals surface area contributed by atoms with Gasteiger partial charge in [0.05, 0.1) is 16.8 Å². The Kier molecular flexibility index (Phi) is 4.26. The average molecular weight is 406 g/mol. The first-order valence-electron chi connectivity index (χ1n) is 8.90. The minimum Gasteiger partial charge on any atom is -0.510 e. The average Bonchev–Trinajstić information content (AvgIpc) is 3.40. The first-order chi connectivity index (χ1) is 13.7. The van der Waals surface area contributed by atoms with Crippen LogP contribution in [-0.4, -0.2) is 30.8 Å². The van der Waals surface area contributed by atoms with Gasteiger partial charge in [-0.25, -0.2) is 15.0 Å². The number of nitrogens with one attached hydrogen (secondary N) is 1. The minimum atomic E-state index is -0.00908. The number of aryl methyl sites for hydroxylation is 2. The van der Waals surface area contributed by atoms with Crippen molar-refractivity contribution in [3.8, 4) is 6.07 Å². The second kappa shape index (κ2) is 6.93. The molecule has 0 atom stereocenters. The number of allylic oxidation sites excluding steroid dienone is 1. The van der Waals surface area contributed by atoms with E-state index in [-0.39, 0.29) is 17.1 Å². The standard InChI is InChI=1S/C20H15N5OS2/c21-8-12(18-24-13-5-1-2-6-14(13)25-18)15(26)9-27-19-17-11-4-3-7-16(11)28-20(17)23-10-22-19/h1-2,5-6,10,26H,3-4,7,9H2,(H,24,25)/b15-12-. The van der Waals surface area contributed by atoms with Crippen LogP contribution in [0.1, 0.15) is 22.7 Å². The van der Waals surface area contributed by atoms with E-state index in [1.165, 1.54) is 28.6 Å². The van der Waals surface area contributed by atoms with Crippen LogP contribution >= 0.6 is 23.1 Å². The zero-order valence-corrected chi connectivity index (χ0v) is 16.4. The zero-order valence-electron chi connectivity index (χ0n) is 14.8. The van der Waals surface area contributed by atoms with Crippen LogP contribution in [0.5, 0.6) is 0 Å². The van der Waals surface area contributed by atoms with Crippen molar-refractivity contribution in [1.29, 1.82) is 5.26 Å². The molecule has 1 aliphatic rings. The molecule has 0 saturated heterocycles. The van der Waals surface area contributed by atoms with E-state index in [1.807, 2.05) is 24.3 Å². The lowest BCUT2D eigenvalue weighted by Gasteiger charge is -2.05. The van der Waals surface area contributed by atoms with Gasteiger partial charge in [-0.05, 0) is 37.0 Å². The lowest BCUT2D eigenvalue weighted by atomic mass is 10.2. The Balaban J connectivity index is 1.47. The smallest absolute Gasteiger partial charge is 0.152 e. The molecule has 3 aromatic heterocycles. The number of thiophene rings is 1. The summed E-state index contributed by atoms with van der Waals surface area (Å²) >= 11 is 3.17. The molecular weight excluding hydrogens is 390 g/mol. The fourth-order valence-electron chi connectivity index (χ4n) is 3.54. The number of aliphatic hydroxyl groups is 1. The third-order valence-electron chi connectivity index (χ3n) is 4.84. The van der Waals surface area contributed by atoms with E-state index in [0.29, 0.717) is 5.82 Å². The molecule has 0 radical (unpaired) electrons. The third kappa shape index (κ3) is 2.84. The summed E-state index contributed by atoms with van der Waals surface area (Å²) in [5.74, 6) is 0.618. The van der Waals surface area contributed by atoms with Crippen LogP contribution in [0.2, 0.25) is 0 Å². The molecule has 1 aliphatic carbocycles. The Bertz CT molecular complexity index is 1250. The summed E-state index contributed by atoms with van der Waals surface area (Å²) in [5.41, 5.74) is 3.10. The molecule has 0 spiro atoms. The molecule has 0 saturated carbocycles. The van der Waals surface area contributed by atoms with E-state index in [1.54, 1.807) is 17.7 Å². The predicted molar refractivity (Wildman–Crippen MR) is 111 cm³/mol. The van der Waals surface area contributed by atoms with Crippen LogP contribution in [0.3, 0.4) is 0 Å².